The van der Waals surface area contributed by atoms with Crippen LogP contribution in [-0.4, -0.2) is 65.9 Å². The molecule has 8 heteroatoms. The first-order valence-electron chi connectivity index (χ1n) is 11.2. The summed E-state index contributed by atoms with van der Waals surface area (Å²) < 4.78 is 0. The van der Waals surface area contributed by atoms with Gasteiger partial charge in [0.25, 0.3) is 5.91 Å². The molecule has 1 spiro atoms. The number of hydrogen-bond donors (Lipinski definition) is 1. The zero-order valence-electron chi connectivity index (χ0n) is 17.8. The monoisotopic (exact) mass is 423 g/mol. The Balaban J connectivity index is 1.25. The fourth-order valence-electron chi connectivity index (χ4n) is 4.92. The van der Waals surface area contributed by atoms with Gasteiger partial charge in [0.05, 0.1) is 11.6 Å². The lowest BCUT2D eigenvalue weighted by Gasteiger charge is -2.24. The highest BCUT2D eigenvalue weighted by Gasteiger charge is 2.52. The Kier molecular flexibility index (Phi) is 6.12. The Morgan fingerprint density at radius 3 is 2.48 bits per heavy atom. The number of amides is 4. The molecule has 2 heterocycles. The molecule has 1 aromatic rings. The van der Waals surface area contributed by atoms with E-state index in [1.165, 1.54) is 4.90 Å². The van der Waals surface area contributed by atoms with E-state index in [1.807, 2.05) is 29.2 Å². The molecule has 1 aliphatic carbocycles. The molecule has 0 bridgehead atoms. The van der Waals surface area contributed by atoms with Gasteiger partial charge in [0, 0.05) is 44.8 Å². The van der Waals surface area contributed by atoms with Crippen LogP contribution in [0.4, 0.5) is 10.5 Å². The Morgan fingerprint density at radius 1 is 1.03 bits per heavy atom. The van der Waals surface area contributed by atoms with E-state index >= 15 is 0 Å². The van der Waals surface area contributed by atoms with Crippen molar-refractivity contribution in [2.24, 2.45) is 0 Å². The van der Waals surface area contributed by atoms with E-state index in [0.717, 1.165) is 50.9 Å². The number of hydrogen-bond acceptors (Lipinski definition) is 5. The SMILES string of the molecule is N#Cc1ccc(N2CCCN(C(=O)CCCN3C(=O)NC4(CCCC4)C3=O)CC2)cc1. The second-order valence-electron chi connectivity index (χ2n) is 8.66. The van der Waals surface area contributed by atoms with Crippen LogP contribution >= 0.6 is 0 Å². The summed E-state index contributed by atoms with van der Waals surface area (Å²) in [6.45, 7) is 3.25. The number of nitrogens with zero attached hydrogens (tertiary/aromatic N) is 4. The van der Waals surface area contributed by atoms with E-state index in [2.05, 4.69) is 16.3 Å². The van der Waals surface area contributed by atoms with Crippen LogP contribution in [0.25, 0.3) is 0 Å². The second kappa shape index (κ2) is 8.96. The lowest BCUT2D eigenvalue weighted by atomic mass is 9.98. The van der Waals surface area contributed by atoms with Crippen molar-refractivity contribution in [2.75, 3.05) is 37.6 Å². The smallest absolute Gasteiger partial charge is 0.325 e. The average Bonchev–Trinajstić information content (AvgIpc) is 3.23. The molecule has 8 nitrogen and oxygen atoms in total. The molecule has 0 aromatic heterocycles. The number of rotatable bonds is 5. The normalized spacial score (nSPS) is 20.7. The third-order valence-corrected chi connectivity index (χ3v) is 6.69. The van der Waals surface area contributed by atoms with Crippen molar-refractivity contribution < 1.29 is 14.4 Å². The molecule has 0 atom stereocenters. The van der Waals surface area contributed by atoms with E-state index in [9.17, 15) is 14.4 Å². The zero-order chi connectivity index (χ0) is 21.8. The Hall–Kier alpha value is -3.08. The maximum Gasteiger partial charge on any atom is 0.325 e. The standard InChI is InChI=1S/C23H29N5O3/c24-17-18-6-8-19(9-7-18)26-12-4-13-27(16-15-26)20(29)5-3-14-28-21(30)23(25-22(28)31)10-1-2-11-23/h6-9H,1-5,10-16H2,(H,25,31). The highest BCUT2D eigenvalue weighted by Crippen LogP contribution is 2.35. The zero-order valence-corrected chi connectivity index (χ0v) is 17.8. The van der Waals surface area contributed by atoms with Gasteiger partial charge in [-0.2, -0.15) is 5.26 Å². The van der Waals surface area contributed by atoms with Gasteiger partial charge in [-0.15, -0.1) is 0 Å². The first-order chi connectivity index (χ1) is 15.0. The molecule has 4 rings (SSSR count). The second-order valence-corrected chi connectivity index (χ2v) is 8.66. The molecule has 0 unspecified atom stereocenters. The van der Waals surface area contributed by atoms with E-state index in [0.29, 0.717) is 38.0 Å². The molecule has 3 aliphatic rings. The quantitative estimate of drug-likeness (QED) is 0.733. The van der Waals surface area contributed by atoms with Crippen LogP contribution in [0.15, 0.2) is 24.3 Å². The highest BCUT2D eigenvalue weighted by molar-refractivity contribution is 6.07. The Morgan fingerprint density at radius 2 is 1.77 bits per heavy atom. The molecule has 1 aromatic carbocycles. The predicted octanol–water partition coefficient (Wildman–Crippen LogP) is 2.24. The minimum Gasteiger partial charge on any atom is -0.370 e. The van der Waals surface area contributed by atoms with Gasteiger partial charge in [-0.3, -0.25) is 14.5 Å². The van der Waals surface area contributed by atoms with Gasteiger partial charge in [-0.25, -0.2) is 4.79 Å². The van der Waals surface area contributed by atoms with Gasteiger partial charge < -0.3 is 15.1 Å². The van der Waals surface area contributed by atoms with Crippen molar-refractivity contribution in [1.29, 1.82) is 5.26 Å². The lowest BCUT2D eigenvalue weighted by molar-refractivity contribution is -0.133. The Bertz CT molecular complexity index is 885. The van der Waals surface area contributed by atoms with Crippen LogP contribution < -0.4 is 10.2 Å². The van der Waals surface area contributed by atoms with Gasteiger partial charge in [0.1, 0.15) is 5.54 Å². The number of carbonyl (C=O) groups excluding carboxylic acids is 3. The fourth-order valence-corrected chi connectivity index (χ4v) is 4.92. The van der Waals surface area contributed by atoms with Crippen LogP contribution in [0.1, 0.15) is 50.5 Å². The van der Waals surface area contributed by atoms with E-state index in [1.54, 1.807) is 0 Å². The number of nitrogens with one attached hydrogen (secondary N) is 1. The molecule has 1 N–H and O–H groups in total. The number of anilines is 1. The number of carbonyl (C=O) groups is 3. The molecular weight excluding hydrogens is 394 g/mol. The van der Waals surface area contributed by atoms with Crippen LogP contribution in [0.5, 0.6) is 0 Å². The predicted molar refractivity (Wildman–Crippen MR) is 115 cm³/mol. The van der Waals surface area contributed by atoms with E-state index in [4.69, 9.17) is 5.26 Å². The van der Waals surface area contributed by atoms with E-state index in [-0.39, 0.29) is 17.8 Å². The molecule has 4 amide bonds. The van der Waals surface area contributed by atoms with Crippen molar-refractivity contribution in [1.82, 2.24) is 15.1 Å². The molecule has 2 saturated heterocycles. The van der Waals surface area contributed by atoms with Crippen molar-refractivity contribution in [3.8, 4) is 6.07 Å². The van der Waals surface area contributed by atoms with Crippen molar-refractivity contribution >= 4 is 23.5 Å². The number of imide groups is 1. The third kappa shape index (κ3) is 4.36. The fraction of sp³-hybridized carbons (Fsp3) is 0.565. The van der Waals surface area contributed by atoms with Crippen molar-refractivity contribution in [3.05, 3.63) is 29.8 Å². The van der Waals surface area contributed by atoms with Gasteiger partial charge in [-0.1, -0.05) is 12.8 Å². The Labute approximate surface area is 182 Å². The molecule has 164 valence electrons. The van der Waals surface area contributed by atoms with Gasteiger partial charge in [0.2, 0.25) is 5.91 Å². The van der Waals surface area contributed by atoms with E-state index < -0.39 is 5.54 Å². The molecule has 2 aliphatic heterocycles. The third-order valence-electron chi connectivity index (χ3n) is 6.69. The summed E-state index contributed by atoms with van der Waals surface area (Å²) in [5, 5.41) is 11.8. The van der Waals surface area contributed by atoms with Crippen molar-refractivity contribution in [2.45, 2.75) is 50.5 Å². The summed E-state index contributed by atoms with van der Waals surface area (Å²) in [6, 6.07) is 9.34. The molecular formula is C23H29N5O3. The minimum absolute atomic E-state index is 0.0734. The topological polar surface area (TPSA) is 96.8 Å². The number of nitriles is 1. The van der Waals surface area contributed by atoms with Gasteiger partial charge in [-0.05, 0) is 49.9 Å². The van der Waals surface area contributed by atoms with Crippen LogP contribution in [0.3, 0.4) is 0 Å². The molecule has 0 radical (unpaired) electrons. The summed E-state index contributed by atoms with van der Waals surface area (Å²) in [5.74, 6) is -0.0420. The van der Waals surface area contributed by atoms with Crippen LogP contribution in [-0.2, 0) is 9.59 Å². The summed E-state index contributed by atoms with van der Waals surface area (Å²) >= 11 is 0. The highest BCUT2D eigenvalue weighted by atomic mass is 16.2. The molecule has 3 fully saturated rings. The molecule has 1 saturated carbocycles. The first-order valence-corrected chi connectivity index (χ1v) is 11.2. The largest absolute Gasteiger partial charge is 0.370 e. The van der Waals surface area contributed by atoms with Crippen LogP contribution in [0.2, 0.25) is 0 Å². The maximum atomic E-state index is 12.7. The van der Waals surface area contributed by atoms with Gasteiger partial charge in [0.15, 0.2) is 0 Å². The minimum atomic E-state index is -0.680. The number of urea groups is 1. The number of benzene rings is 1. The summed E-state index contributed by atoms with van der Waals surface area (Å²) in [5.41, 5.74) is 1.02. The summed E-state index contributed by atoms with van der Waals surface area (Å²) in [4.78, 5) is 43.1. The summed E-state index contributed by atoms with van der Waals surface area (Å²) in [7, 11) is 0. The first kappa shape index (κ1) is 21.2. The average molecular weight is 424 g/mol. The maximum absolute atomic E-state index is 12.7. The lowest BCUT2D eigenvalue weighted by Crippen LogP contribution is -2.44. The van der Waals surface area contributed by atoms with Crippen molar-refractivity contribution in [3.63, 3.8) is 0 Å². The molecule has 31 heavy (non-hydrogen) atoms. The van der Waals surface area contributed by atoms with Crippen LogP contribution in [0, 0.1) is 11.3 Å². The summed E-state index contributed by atoms with van der Waals surface area (Å²) in [6.07, 6.45) is 5.07. The van der Waals surface area contributed by atoms with Gasteiger partial charge >= 0.3 is 6.03 Å².